The Kier molecular flexibility index (Phi) is 5.74. The fourth-order valence-electron chi connectivity index (χ4n) is 2.80. The minimum atomic E-state index is -0.355. The highest BCUT2D eigenvalue weighted by Crippen LogP contribution is 2.27. The summed E-state index contributed by atoms with van der Waals surface area (Å²) in [4.78, 5) is 27.7. The molecule has 1 N–H and O–H groups in total. The Balaban J connectivity index is 1.92. The molecule has 1 heterocycles. The zero-order chi connectivity index (χ0) is 17.0. The summed E-state index contributed by atoms with van der Waals surface area (Å²) in [5.41, 5.74) is 0.519. The number of piperidine rings is 1. The minimum absolute atomic E-state index is 0.0195. The predicted molar refractivity (Wildman–Crippen MR) is 95.6 cm³/mol. The summed E-state index contributed by atoms with van der Waals surface area (Å²) in [5.74, 6) is 0.215. The zero-order valence-electron chi connectivity index (χ0n) is 14.4. The average Bonchev–Trinajstić information content (AvgIpc) is 2.54. The first-order valence-electron chi connectivity index (χ1n) is 8.06. The number of likely N-dealkylation sites (tertiary alicyclic amines) is 1. The maximum Gasteiger partial charge on any atom is 0.227 e. The fourth-order valence-corrected chi connectivity index (χ4v) is 3.36. The second-order valence-corrected chi connectivity index (χ2v) is 7.85. The first-order chi connectivity index (χ1) is 10.8. The van der Waals surface area contributed by atoms with Crippen molar-refractivity contribution in [1.29, 1.82) is 0 Å². The van der Waals surface area contributed by atoms with E-state index in [2.05, 4.69) is 5.32 Å². The van der Waals surface area contributed by atoms with Crippen molar-refractivity contribution in [3.63, 3.8) is 0 Å². The molecule has 0 radical (unpaired) electrons. The molecular weight excluding hydrogens is 308 g/mol. The Morgan fingerprint density at radius 2 is 1.78 bits per heavy atom. The molecule has 23 heavy (non-hydrogen) atoms. The number of thioether (sulfide) groups is 1. The number of anilines is 1. The molecule has 126 valence electrons. The van der Waals surface area contributed by atoms with Crippen LogP contribution in [-0.4, -0.2) is 36.1 Å². The minimum Gasteiger partial charge on any atom is -0.342 e. The number of amides is 2. The van der Waals surface area contributed by atoms with Gasteiger partial charge < -0.3 is 10.2 Å². The molecular formula is C18H26N2O2S. The van der Waals surface area contributed by atoms with Crippen LogP contribution in [0.2, 0.25) is 0 Å². The van der Waals surface area contributed by atoms with Crippen molar-refractivity contribution in [2.24, 2.45) is 11.3 Å². The van der Waals surface area contributed by atoms with Gasteiger partial charge in [0.1, 0.15) is 0 Å². The van der Waals surface area contributed by atoms with E-state index in [9.17, 15) is 9.59 Å². The monoisotopic (exact) mass is 334 g/mol. The third-order valence-corrected chi connectivity index (χ3v) is 4.96. The molecule has 1 fully saturated rings. The summed E-state index contributed by atoms with van der Waals surface area (Å²) in [7, 11) is 0. The summed E-state index contributed by atoms with van der Waals surface area (Å²) in [6, 6.07) is 7.84. The molecule has 0 atom stereocenters. The molecule has 0 aromatic heterocycles. The van der Waals surface area contributed by atoms with Gasteiger partial charge in [-0.1, -0.05) is 32.9 Å². The van der Waals surface area contributed by atoms with Crippen LogP contribution >= 0.6 is 11.8 Å². The van der Waals surface area contributed by atoms with Gasteiger partial charge in [-0.05, 0) is 31.2 Å². The predicted octanol–water partition coefficient (Wildman–Crippen LogP) is 3.63. The molecule has 0 spiro atoms. The number of para-hydroxylation sites is 1. The highest BCUT2D eigenvalue weighted by atomic mass is 32.2. The van der Waals surface area contributed by atoms with Crippen LogP contribution in [0.25, 0.3) is 0 Å². The Morgan fingerprint density at radius 1 is 1.17 bits per heavy atom. The van der Waals surface area contributed by atoms with Gasteiger partial charge in [-0.3, -0.25) is 9.59 Å². The van der Waals surface area contributed by atoms with Crippen LogP contribution in [-0.2, 0) is 9.59 Å². The van der Waals surface area contributed by atoms with Crippen LogP contribution in [0, 0.1) is 11.3 Å². The normalized spacial score (nSPS) is 16.3. The summed E-state index contributed by atoms with van der Waals surface area (Å²) in [5, 5.41) is 3.04. The Morgan fingerprint density at radius 3 is 2.35 bits per heavy atom. The molecule has 1 saturated heterocycles. The lowest BCUT2D eigenvalue weighted by molar-refractivity contribution is -0.142. The molecule has 4 nitrogen and oxygen atoms in total. The van der Waals surface area contributed by atoms with Crippen molar-refractivity contribution in [3.8, 4) is 0 Å². The van der Waals surface area contributed by atoms with E-state index >= 15 is 0 Å². The fraction of sp³-hybridized carbons (Fsp3) is 0.556. The Labute approximate surface area is 143 Å². The lowest BCUT2D eigenvalue weighted by atomic mass is 9.90. The molecule has 1 aliphatic heterocycles. The molecule has 1 aromatic carbocycles. The van der Waals surface area contributed by atoms with Crippen molar-refractivity contribution in [2.45, 2.75) is 38.5 Å². The van der Waals surface area contributed by atoms with E-state index in [0.29, 0.717) is 13.1 Å². The van der Waals surface area contributed by atoms with E-state index in [0.717, 1.165) is 23.4 Å². The summed E-state index contributed by atoms with van der Waals surface area (Å²) >= 11 is 1.62. The molecule has 5 heteroatoms. The first-order valence-corrected chi connectivity index (χ1v) is 9.28. The summed E-state index contributed by atoms with van der Waals surface area (Å²) < 4.78 is 0. The van der Waals surface area contributed by atoms with E-state index in [1.54, 1.807) is 11.8 Å². The van der Waals surface area contributed by atoms with Crippen molar-refractivity contribution in [2.75, 3.05) is 24.7 Å². The van der Waals surface area contributed by atoms with Crippen molar-refractivity contribution in [3.05, 3.63) is 24.3 Å². The van der Waals surface area contributed by atoms with Crippen molar-refractivity contribution < 1.29 is 9.59 Å². The summed E-state index contributed by atoms with van der Waals surface area (Å²) in [6.45, 7) is 7.14. The van der Waals surface area contributed by atoms with Gasteiger partial charge in [0, 0.05) is 29.3 Å². The topological polar surface area (TPSA) is 49.4 Å². The quantitative estimate of drug-likeness (QED) is 0.859. The SMILES string of the molecule is CSc1ccccc1NC(=O)C1CCN(C(=O)C(C)(C)C)CC1. The zero-order valence-corrected chi connectivity index (χ0v) is 15.2. The highest BCUT2D eigenvalue weighted by molar-refractivity contribution is 7.98. The lowest BCUT2D eigenvalue weighted by Gasteiger charge is -2.35. The van der Waals surface area contributed by atoms with Crippen LogP contribution in [0.15, 0.2) is 29.2 Å². The van der Waals surface area contributed by atoms with Gasteiger partial charge in [-0.25, -0.2) is 0 Å². The molecule has 0 bridgehead atoms. The van der Waals surface area contributed by atoms with Gasteiger partial charge in [-0.2, -0.15) is 0 Å². The number of benzene rings is 1. The van der Waals surface area contributed by atoms with Crippen LogP contribution in [0.3, 0.4) is 0 Å². The van der Waals surface area contributed by atoms with Gasteiger partial charge in [0.2, 0.25) is 11.8 Å². The van der Waals surface area contributed by atoms with Crippen LogP contribution in [0.5, 0.6) is 0 Å². The third kappa shape index (κ3) is 4.50. The number of hydrogen-bond acceptors (Lipinski definition) is 3. The first kappa shape index (κ1) is 17.9. The van der Waals surface area contributed by atoms with E-state index in [-0.39, 0.29) is 23.1 Å². The molecule has 1 aliphatic rings. The molecule has 0 saturated carbocycles. The van der Waals surface area contributed by atoms with Crippen LogP contribution in [0.1, 0.15) is 33.6 Å². The van der Waals surface area contributed by atoms with Gasteiger partial charge in [-0.15, -0.1) is 11.8 Å². The van der Waals surface area contributed by atoms with E-state index in [1.165, 1.54) is 0 Å². The number of nitrogens with zero attached hydrogens (tertiary/aromatic N) is 1. The van der Waals surface area contributed by atoms with Crippen molar-refractivity contribution >= 4 is 29.3 Å². The second kappa shape index (κ2) is 7.39. The Hall–Kier alpha value is -1.49. The molecule has 2 amide bonds. The molecule has 0 aliphatic carbocycles. The maximum absolute atomic E-state index is 12.5. The third-order valence-electron chi connectivity index (χ3n) is 4.16. The number of carbonyl (C=O) groups is 2. The van der Waals surface area contributed by atoms with E-state index in [4.69, 9.17) is 0 Å². The van der Waals surface area contributed by atoms with Gasteiger partial charge in [0.05, 0.1) is 5.69 Å². The smallest absolute Gasteiger partial charge is 0.227 e. The molecule has 1 aromatic rings. The second-order valence-electron chi connectivity index (χ2n) is 7.01. The molecule has 0 unspecified atom stereocenters. The summed E-state index contributed by atoms with van der Waals surface area (Å²) in [6.07, 6.45) is 3.46. The Bertz CT molecular complexity index is 573. The number of nitrogens with one attached hydrogen (secondary N) is 1. The van der Waals surface area contributed by atoms with Crippen LogP contribution < -0.4 is 5.32 Å². The highest BCUT2D eigenvalue weighted by Gasteiger charge is 2.32. The lowest BCUT2D eigenvalue weighted by Crippen LogP contribution is -2.45. The van der Waals surface area contributed by atoms with Gasteiger partial charge in [0.25, 0.3) is 0 Å². The van der Waals surface area contributed by atoms with E-state index < -0.39 is 0 Å². The molecule has 2 rings (SSSR count). The number of carbonyl (C=O) groups excluding carboxylic acids is 2. The van der Waals surface area contributed by atoms with Gasteiger partial charge in [0.15, 0.2) is 0 Å². The number of rotatable bonds is 3. The largest absolute Gasteiger partial charge is 0.342 e. The van der Waals surface area contributed by atoms with Gasteiger partial charge >= 0.3 is 0 Å². The van der Waals surface area contributed by atoms with E-state index in [1.807, 2.05) is 56.2 Å². The average molecular weight is 334 g/mol. The van der Waals surface area contributed by atoms with Crippen LogP contribution in [0.4, 0.5) is 5.69 Å². The standard InChI is InChI=1S/C18H26N2O2S/c1-18(2,3)17(22)20-11-9-13(10-12-20)16(21)19-14-7-5-6-8-15(14)23-4/h5-8,13H,9-12H2,1-4H3,(H,19,21). The van der Waals surface area contributed by atoms with Crippen molar-refractivity contribution in [1.82, 2.24) is 4.90 Å². The number of hydrogen-bond donors (Lipinski definition) is 1. The maximum atomic E-state index is 12.5.